The van der Waals surface area contributed by atoms with Crippen molar-refractivity contribution in [2.24, 2.45) is 5.41 Å². The fraction of sp³-hybridized carbons (Fsp3) is 0.394. The number of rotatable bonds is 7. The summed E-state index contributed by atoms with van der Waals surface area (Å²) >= 11 is 0. The molecule has 5 nitrogen and oxygen atoms in total. The highest BCUT2D eigenvalue weighted by Gasteiger charge is 2.59. The zero-order valence-corrected chi connectivity index (χ0v) is 24.3. The van der Waals surface area contributed by atoms with Gasteiger partial charge < -0.3 is 16.0 Å². The van der Waals surface area contributed by atoms with E-state index in [-0.39, 0.29) is 17.1 Å². The molecule has 4 rings (SSSR count). The van der Waals surface area contributed by atoms with E-state index in [0.29, 0.717) is 34.4 Å². The van der Waals surface area contributed by atoms with E-state index in [0.717, 1.165) is 5.56 Å². The van der Waals surface area contributed by atoms with Crippen molar-refractivity contribution in [2.45, 2.75) is 71.5 Å². The summed E-state index contributed by atoms with van der Waals surface area (Å²) in [6, 6.07) is 15.6. The molecule has 1 amide bonds. The molecule has 3 aromatic carbocycles. The fourth-order valence-electron chi connectivity index (χ4n) is 6.10. The maximum absolute atomic E-state index is 15.9. The summed E-state index contributed by atoms with van der Waals surface area (Å²) < 4.78 is 31.8. The summed E-state index contributed by atoms with van der Waals surface area (Å²) in [5.74, 6) is -2.06. The van der Waals surface area contributed by atoms with Crippen molar-refractivity contribution >= 4 is 17.4 Å². The lowest BCUT2D eigenvalue weighted by Crippen LogP contribution is -2.54. The lowest BCUT2D eigenvalue weighted by molar-refractivity contribution is -0.118. The molecule has 1 aliphatic heterocycles. The molecule has 0 bridgehead atoms. The Hall–Kier alpha value is -3.42. The molecule has 3 aromatic rings. The summed E-state index contributed by atoms with van der Waals surface area (Å²) in [5.41, 5.74) is 1.64. The van der Waals surface area contributed by atoms with Gasteiger partial charge in [0.05, 0.1) is 11.6 Å². The Morgan fingerprint density at radius 3 is 2.25 bits per heavy atom. The first-order valence-corrected chi connectivity index (χ1v) is 13.7. The molecule has 1 heterocycles. The second-order valence-corrected chi connectivity index (χ2v) is 12.1. The van der Waals surface area contributed by atoms with Crippen molar-refractivity contribution in [3.8, 4) is 0 Å². The zero-order valence-electron chi connectivity index (χ0n) is 24.3. The van der Waals surface area contributed by atoms with Crippen molar-refractivity contribution < 1.29 is 18.4 Å². The van der Waals surface area contributed by atoms with Gasteiger partial charge in [-0.1, -0.05) is 51.1 Å². The molecule has 0 aliphatic carbocycles. The SMILES string of the molecule is CN[C@]1(c2ccc(C)cc2F)[C@H](CC(C)(C)C)N[C@@H](C(=O)Nc2ccc(C(C)=O)cc2)[C@@H]1c1cccc(C)c1F. The third kappa shape index (κ3) is 5.58. The summed E-state index contributed by atoms with van der Waals surface area (Å²) in [6.45, 7) is 11.3. The van der Waals surface area contributed by atoms with Crippen molar-refractivity contribution in [3.05, 3.63) is 100 Å². The monoisotopic (exact) mass is 547 g/mol. The highest BCUT2D eigenvalue weighted by molar-refractivity contribution is 5.98. The number of amides is 1. The average molecular weight is 548 g/mol. The molecule has 7 heteroatoms. The van der Waals surface area contributed by atoms with Gasteiger partial charge in [-0.3, -0.25) is 9.59 Å². The van der Waals surface area contributed by atoms with Gasteiger partial charge >= 0.3 is 0 Å². The molecule has 3 N–H and O–H groups in total. The van der Waals surface area contributed by atoms with Crippen LogP contribution in [0.4, 0.5) is 14.5 Å². The minimum Gasteiger partial charge on any atom is -0.325 e. The Labute approximate surface area is 235 Å². The summed E-state index contributed by atoms with van der Waals surface area (Å²) in [5, 5.41) is 9.86. The van der Waals surface area contributed by atoms with Crippen LogP contribution in [0.3, 0.4) is 0 Å². The normalized spacial score (nSPS) is 22.8. The Morgan fingerprint density at radius 1 is 1.00 bits per heavy atom. The van der Waals surface area contributed by atoms with Gasteiger partial charge in [0.2, 0.25) is 5.91 Å². The first-order valence-electron chi connectivity index (χ1n) is 13.7. The summed E-state index contributed by atoms with van der Waals surface area (Å²) in [6.07, 6.45) is 0.585. The van der Waals surface area contributed by atoms with Crippen LogP contribution in [0.15, 0.2) is 60.7 Å². The maximum Gasteiger partial charge on any atom is 0.242 e. The first-order chi connectivity index (χ1) is 18.8. The topological polar surface area (TPSA) is 70.2 Å². The third-order valence-corrected chi connectivity index (χ3v) is 7.95. The van der Waals surface area contributed by atoms with Gasteiger partial charge in [-0.25, -0.2) is 8.78 Å². The second kappa shape index (κ2) is 11.2. The third-order valence-electron chi connectivity index (χ3n) is 7.95. The number of nitrogens with one attached hydrogen (secondary N) is 3. The highest BCUT2D eigenvalue weighted by Crippen LogP contribution is 2.51. The molecule has 0 unspecified atom stereocenters. The van der Waals surface area contributed by atoms with Crippen LogP contribution in [0.1, 0.15) is 72.6 Å². The molecule has 0 saturated carbocycles. The minimum atomic E-state index is -1.15. The van der Waals surface area contributed by atoms with Crippen molar-refractivity contribution in [1.82, 2.24) is 10.6 Å². The lowest BCUT2D eigenvalue weighted by Gasteiger charge is -2.43. The number of carbonyl (C=O) groups is 2. The first kappa shape index (κ1) is 29.6. The predicted octanol–water partition coefficient (Wildman–Crippen LogP) is 6.40. The maximum atomic E-state index is 15.9. The van der Waals surface area contributed by atoms with Gasteiger partial charge in [0.1, 0.15) is 11.6 Å². The second-order valence-electron chi connectivity index (χ2n) is 12.1. The van der Waals surface area contributed by atoms with Crippen LogP contribution in [-0.2, 0) is 10.3 Å². The van der Waals surface area contributed by atoms with E-state index < -0.39 is 35.2 Å². The van der Waals surface area contributed by atoms with E-state index in [1.807, 2.05) is 13.0 Å². The lowest BCUT2D eigenvalue weighted by atomic mass is 9.67. The predicted molar refractivity (Wildman–Crippen MR) is 156 cm³/mol. The van der Waals surface area contributed by atoms with Crippen LogP contribution in [0.5, 0.6) is 0 Å². The van der Waals surface area contributed by atoms with E-state index in [2.05, 4.69) is 36.7 Å². The Morgan fingerprint density at radius 2 is 1.68 bits per heavy atom. The van der Waals surface area contributed by atoms with Crippen molar-refractivity contribution in [1.29, 1.82) is 0 Å². The molecule has 0 spiro atoms. The summed E-state index contributed by atoms with van der Waals surface area (Å²) in [7, 11) is 1.75. The molecule has 1 fully saturated rings. The van der Waals surface area contributed by atoms with Crippen LogP contribution >= 0.6 is 0 Å². The minimum absolute atomic E-state index is 0.0747. The van der Waals surface area contributed by atoms with Gasteiger partial charge in [-0.2, -0.15) is 0 Å². The number of halogens is 2. The largest absolute Gasteiger partial charge is 0.325 e. The van der Waals surface area contributed by atoms with Crippen LogP contribution in [0.2, 0.25) is 0 Å². The molecule has 4 atom stereocenters. The molecule has 0 aromatic heterocycles. The van der Waals surface area contributed by atoms with Gasteiger partial charge in [-0.15, -0.1) is 0 Å². The number of benzene rings is 3. The molecule has 40 heavy (non-hydrogen) atoms. The quantitative estimate of drug-likeness (QED) is 0.300. The van der Waals surface area contributed by atoms with E-state index in [1.165, 1.54) is 13.0 Å². The van der Waals surface area contributed by atoms with Gasteiger partial charge in [-0.05, 0) is 86.7 Å². The molecular formula is C33H39F2N3O2. The Balaban J connectivity index is 1.91. The zero-order chi connectivity index (χ0) is 29.4. The smallest absolute Gasteiger partial charge is 0.242 e. The van der Waals surface area contributed by atoms with Crippen molar-refractivity contribution in [3.63, 3.8) is 0 Å². The standard InChI is InChI=1S/C33H39F2N3O2/c1-19-11-16-25(26(34)17-19)33(36-7)27(18-32(4,5)6)38-30(28(33)24-10-8-9-20(2)29(24)35)31(40)37-23-14-12-22(13-15-23)21(3)39/h8-17,27-28,30,36,38H,18H2,1-7H3,(H,37,40)/t27-,28-,30+,33+/m0/s1. The van der Waals surface area contributed by atoms with Crippen LogP contribution in [0, 0.1) is 30.9 Å². The Kier molecular flexibility index (Phi) is 8.29. The molecule has 1 saturated heterocycles. The van der Waals surface area contributed by atoms with Gasteiger partial charge in [0.15, 0.2) is 5.78 Å². The fourth-order valence-corrected chi connectivity index (χ4v) is 6.10. The number of hydrogen-bond acceptors (Lipinski definition) is 4. The average Bonchev–Trinajstić information content (AvgIpc) is 3.19. The molecular weight excluding hydrogens is 508 g/mol. The van der Waals surface area contributed by atoms with Crippen LogP contribution < -0.4 is 16.0 Å². The van der Waals surface area contributed by atoms with Crippen molar-refractivity contribution in [2.75, 3.05) is 12.4 Å². The van der Waals surface area contributed by atoms with Crippen LogP contribution in [-0.4, -0.2) is 30.8 Å². The number of anilines is 1. The van der Waals surface area contributed by atoms with E-state index in [1.54, 1.807) is 62.5 Å². The van der Waals surface area contributed by atoms with E-state index in [9.17, 15) is 9.59 Å². The van der Waals surface area contributed by atoms with Crippen LogP contribution in [0.25, 0.3) is 0 Å². The van der Waals surface area contributed by atoms with Gasteiger partial charge in [0.25, 0.3) is 0 Å². The molecule has 212 valence electrons. The van der Waals surface area contributed by atoms with E-state index >= 15 is 8.78 Å². The number of Topliss-reactive ketones (excluding diaryl/α,β-unsaturated/α-hetero) is 1. The van der Waals surface area contributed by atoms with E-state index in [4.69, 9.17) is 0 Å². The Bertz CT molecular complexity index is 1410. The number of ketones is 1. The molecule has 1 aliphatic rings. The highest BCUT2D eigenvalue weighted by atomic mass is 19.1. The molecule has 0 radical (unpaired) electrons. The number of likely N-dealkylation sites (N-methyl/N-ethyl adjacent to an activating group) is 1. The number of hydrogen-bond donors (Lipinski definition) is 3. The summed E-state index contributed by atoms with van der Waals surface area (Å²) in [4.78, 5) is 25.7. The van der Waals surface area contributed by atoms with Gasteiger partial charge in [0, 0.05) is 28.8 Å². The number of aryl methyl sites for hydroxylation is 2. The number of carbonyl (C=O) groups excluding carboxylic acids is 2.